The third-order valence-electron chi connectivity index (χ3n) is 11.6. The first kappa shape index (κ1) is 52.6. The molecule has 9 rings (SSSR count). The normalized spacial score (nSPS) is 10.7. The molecular weight excluding hydrogens is 986 g/mol. The van der Waals surface area contributed by atoms with E-state index in [-0.39, 0.29) is 0 Å². The van der Waals surface area contributed by atoms with E-state index in [4.69, 9.17) is 0 Å². The van der Waals surface area contributed by atoms with E-state index < -0.39 is 23.8 Å². The van der Waals surface area contributed by atoms with E-state index in [9.17, 15) is 0 Å². The van der Waals surface area contributed by atoms with Crippen LogP contribution in [0, 0.1) is 62.3 Å². The van der Waals surface area contributed by atoms with Crippen LogP contribution in [-0.2, 0) is 17.3 Å². The van der Waals surface area contributed by atoms with Gasteiger partial charge < -0.3 is 0 Å². The van der Waals surface area contributed by atoms with E-state index in [2.05, 4.69) is 290 Å². The summed E-state index contributed by atoms with van der Waals surface area (Å²) in [5, 5.41) is 12.7. The van der Waals surface area contributed by atoms with Crippen LogP contribution in [0.25, 0.3) is 0 Å². The second-order valence-electron chi connectivity index (χ2n) is 17.5. The monoisotopic (exact) mass is 1050 g/mol. The van der Waals surface area contributed by atoms with Crippen LogP contribution in [0.4, 0.5) is 0 Å². The number of aryl methyl sites for hydroxylation is 9. The Morgan fingerprint density at radius 1 is 0.176 bits per heavy atom. The molecule has 68 heavy (non-hydrogen) atoms. The fourth-order valence-electron chi connectivity index (χ4n) is 7.59. The van der Waals surface area contributed by atoms with Crippen molar-refractivity contribution >= 4 is 81.2 Å². The molecular formula is C63H63ClP3Ru. The van der Waals surface area contributed by atoms with Crippen molar-refractivity contribution in [2.24, 2.45) is 0 Å². The van der Waals surface area contributed by atoms with Gasteiger partial charge in [0.15, 0.2) is 0 Å². The summed E-state index contributed by atoms with van der Waals surface area (Å²) in [6.45, 7) is 19.3. The van der Waals surface area contributed by atoms with Gasteiger partial charge in [0, 0.05) is 0 Å². The summed E-state index contributed by atoms with van der Waals surface area (Å²) in [5.41, 5.74) is 11.8. The molecule has 0 fully saturated rings. The maximum absolute atomic E-state index is 4.57. The van der Waals surface area contributed by atoms with Crippen molar-refractivity contribution in [3.05, 3.63) is 268 Å². The summed E-state index contributed by atoms with van der Waals surface area (Å²) in [7, 11) is 3.12. The molecule has 0 radical (unpaired) electrons. The van der Waals surface area contributed by atoms with Crippen molar-refractivity contribution in [2.45, 2.75) is 62.3 Å². The molecule has 0 aliphatic rings. The molecule has 0 bridgehead atoms. The van der Waals surface area contributed by atoms with Gasteiger partial charge in [-0.2, -0.15) is 0 Å². The van der Waals surface area contributed by atoms with Crippen LogP contribution in [0.5, 0.6) is 0 Å². The summed E-state index contributed by atoms with van der Waals surface area (Å²) in [6, 6.07) is 80.9. The molecule has 0 heterocycles. The van der Waals surface area contributed by atoms with Gasteiger partial charge in [0.25, 0.3) is 0 Å². The first-order chi connectivity index (χ1) is 32.9. The summed E-state index contributed by atoms with van der Waals surface area (Å²) in [5.74, 6) is 0. The SMILES string of the molecule is Cc1ccc(P(c2ccc(C)cc2)c2ccc(C)cc2)cc1.Cc1ccc(P(c2ccc(C)cc2)c2ccc(C)cc2)cc1.Cc1ccc(P(c2ccc(C)cc2)c2ccc(C)cc2)cc1.[Cl][Ru]. The Bertz CT molecular complexity index is 2230. The minimum absolute atomic E-state index is 0.483. The molecule has 9 aromatic carbocycles. The molecule has 0 atom stereocenters. The summed E-state index contributed by atoms with van der Waals surface area (Å²) < 4.78 is 0. The van der Waals surface area contributed by atoms with Gasteiger partial charge in [0.05, 0.1) is 0 Å². The van der Waals surface area contributed by atoms with Gasteiger partial charge in [-0.15, -0.1) is 0 Å². The van der Waals surface area contributed by atoms with E-state index in [0.29, 0.717) is 0 Å². The molecule has 345 valence electrons. The van der Waals surface area contributed by atoms with Gasteiger partial charge in [0.2, 0.25) is 0 Å². The van der Waals surface area contributed by atoms with Gasteiger partial charge in [-0.3, -0.25) is 0 Å². The van der Waals surface area contributed by atoms with E-state index in [1.165, 1.54) is 97.8 Å². The molecule has 0 aliphatic carbocycles. The quantitative estimate of drug-likeness (QED) is 0.0998. The van der Waals surface area contributed by atoms with Crippen molar-refractivity contribution in [3.8, 4) is 0 Å². The molecule has 0 saturated heterocycles. The fraction of sp³-hybridized carbons (Fsp3) is 0.143. The van der Waals surface area contributed by atoms with Crippen LogP contribution in [-0.4, -0.2) is 0 Å². The first-order valence-corrected chi connectivity index (χ1v) is 29.3. The predicted octanol–water partition coefficient (Wildman–Crippen LogP) is 13.8. The second-order valence-corrected chi connectivity index (χ2v) is 24.2. The molecule has 0 spiro atoms. The average Bonchev–Trinajstić information content (AvgIpc) is 3.36. The number of benzene rings is 9. The summed E-state index contributed by atoms with van der Waals surface area (Å²) in [4.78, 5) is 0. The van der Waals surface area contributed by atoms with Crippen molar-refractivity contribution in [1.29, 1.82) is 0 Å². The van der Waals surface area contributed by atoms with Crippen LogP contribution in [0.15, 0.2) is 218 Å². The molecule has 0 aromatic heterocycles. The standard InChI is InChI=1S/3C21H21P.ClH.Ru/c3*1-16-4-10-19(11-5-16)22(20-12-6-17(2)7-13-20)21-14-8-18(3)9-15-21;;/h3*4-15H,1-3H3;1H;/q;;;;+1/p-1. The topological polar surface area (TPSA) is 0 Å². The number of rotatable bonds is 9. The van der Waals surface area contributed by atoms with Crippen LogP contribution < -0.4 is 47.7 Å². The maximum atomic E-state index is 4.57. The van der Waals surface area contributed by atoms with E-state index in [0.717, 1.165) is 0 Å². The van der Waals surface area contributed by atoms with Crippen LogP contribution in [0.3, 0.4) is 0 Å². The third kappa shape index (κ3) is 15.1. The fourth-order valence-corrected chi connectivity index (χ4v) is 14.3. The molecule has 0 nitrogen and oxygen atoms in total. The van der Waals surface area contributed by atoms with E-state index in [1.54, 1.807) is 0 Å². The van der Waals surface area contributed by atoms with Gasteiger partial charge >= 0.3 is 27.0 Å². The van der Waals surface area contributed by atoms with E-state index >= 15 is 0 Å². The molecule has 9 aromatic rings. The Kier molecular flexibility index (Phi) is 20.3. The molecule has 0 N–H and O–H groups in total. The number of hydrogen-bond acceptors (Lipinski definition) is 0. The zero-order chi connectivity index (χ0) is 48.6. The van der Waals surface area contributed by atoms with Crippen LogP contribution >= 0.6 is 33.5 Å². The van der Waals surface area contributed by atoms with Crippen molar-refractivity contribution in [2.75, 3.05) is 0 Å². The van der Waals surface area contributed by atoms with E-state index in [1.807, 2.05) is 17.3 Å². The van der Waals surface area contributed by atoms with Crippen LogP contribution in [0.1, 0.15) is 50.1 Å². The Hall–Kier alpha value is -4.82. The van der Waals surface area contributed by atoms with Crippen molar-refractivity contribution in [3.63, 3.8) is 0 Å². The molecule has 5 heteroatoms. The number of hydrogen-bond donors (Lipinski definition) is 0. The zero-order valence-electron chi connectivity index (χ0n) is 40.9. The molecule has 0 aliphatic heterocycles. The minimum atomic E-state index is -0.483. The molecule has 0 saturated carbocycles. The Labute approximate surface area is 426 Å². The summed E-state index contributed by atoms with van der Waals surface area (Å²) in [6.07, 6.45) is 0. The second kappa shape index (κ2) is 26.2. The average molecular weight is 1050 g/mol. The van der Waals surface area contributed by atoms with Crippen molar-refractivity contribution in [1.82, 2.24) is 0 Å². The van der Waals surface area contributed by atoms with Gasteiger partial charge in [-0.25, -0.2) is 0 Å². The van der Waals surface area contributed by atoms with Gasteiger partial charge in [0.1, 0.15) is 0 Å². The predicted molar refractivity (Wildman–Crippen MR) is 304 cm³/mol. The van der Waals surface area contributed by atoms with Crippen LogP contribution in [0.2, 0.25) is 0 Å². The Morgan fingerprint density at radius 2 is 0.250 bits per heavy atom. The Balaban J connectivity index is 0.000000165. The first-order valence-electron chi connectivity index (χ1n) is 23.0. The van der Waals surface area contributed by atoms with Crippen molar-refractivity contribution < 1.29 is 17.3 Å². The number of halogens is 1. The third-order valence-corrected chi connectivity index (χ3v) is 19.0. The molecule has 0 amide bonds. The van der Waals surface area contributed by atoms with Gasteiger partial charge in [-0.05, 0) is 134 Å². The van der Waals surface area contributed by atoms with Gasteiger partial charge in [-0.1, -0.05) is 268 Å². The summed E-state index contributed by atoms with van der Waals surface area (Å²) >= 11 is 1.82. The molecule has 0 unspecified atom stereocenters. The zero-order valence-corrected chi connectivity index (χ0v) is 46.0. The Morgan fingerprint density at radius 3 is 0.324 bits per heavy atom.